The summed E-state index contributed by atoms with van der Waals surface area (Å²) in [6, 6.07) is 14.8. The predicted molar refractivity (Wildman–Crippen MR) is 105 cm³/mol. The van der Waals surface area contributed by atoms with Gasteiger partial charge in [-0.3, -0.25) is 0 Å². The van der Waals surface area contributed by atoms with Gasteiger partial charge in [0, 0.05) is 10.4 Å². The third-order valence-corrected chi connectivity index (χ3v) is 5.33. The van der Waals surface area contributed by atoms with Crippen molar-refractivity contribution in [1.82, 2.24) is 19.8 Å². The van der Waals surface area contributed by atoms with Gasteiger partial charge in [-0.25, -0.2) is 0 Å². The Kier molecular flexibility index (Phi) is 4.00. The average molecular weight is 417 g/mol. The van der Waals surface area contributed by atoms with Gasteiger partial charge in [0.2, 0.25) is 10.8 Å². The van der Waals surface area contributed by atoms with Crippen LogP contribution in [0.25, 0.3) is 27.5 Å². The number of nitrogens with zero attached hydrogens (tertiary/aromatic N) is 4. The van der Waals surface area contributed by atoms with Crippen molar-refractivity contribution in [1.29, 1.82) is 0 Å². The highest BCUT2D eigenvalue weighted by atomic mass is 35.5. The number of aromatic nitrogens is 4. The van der Waals surface area contributed by atoms with Gasteiger partial charge in [0.25, 0.3) is 0 Å². The first-order valence-corrected chi connectivity index (χ1v) is 9.52. The Hall–Kier alpha value is -2.61. The van der Waals surface area contributed by atoms with E-state index in [9.17, 15) is 0 Å². The number of benzene rings is 2. The summed E-state index contributed by atoms with van der Waals surface area (Å²) in [6.07, 6.45) is 0. The molecule has 0 aliphatic heterocycles. The molecule has 3 aromatic heterocycles. The lowest BCUT2D eigenvalue weighted by Gasteiger charge is -2.05. The summed E-state index contributed by atoms with van der Waals surface area (Å²) in [5.74, 6) is 1.71. The molecule has 6 nitrogen and oxygen atoms in total. The van der Waals surface area contributed by atoms with E-state index in [1.807, 2.05) is 30.3 Å². The fourth-order valence-corrected chi connectivity index (χ4v) is 3.90. The smallest absolute Gasteiger partial charge is 0.235 e. The molecule has 0 atom stereocenters. The quantitative estimate of drug-likeness (QED) is 0.387. The van der Waals surface area contributed by atoms with Gasteiger partial charge < -0.3 is 9.15 Å². The van der Waals surface area contributed by atoms with Crippen molar-refractivity contribution in [3.05, 3.63) is 63.6 Å². The highest BCUT2D eigenvalue weighted by Gasteiger charge is 2.17. The van der Waals surface area contributed by atoms with Gasteiger partial charge in [-0.1, -0.05) is 52.7 Å². The lowest BCUT2D eigenvalue weighted by molar-refractivity contribution is 0.304. The molecule has 5 rings (SSSR count). The van der Waals surface area contributed by atoms with E-state index in [4.69, 9.17) is 32.4 Å². The summed E-state index contributed by atoms with van der Waals surface area (Å²) in [5.41, 5.74) is 0.792. The third-order valence-electron chi connectivity index (χ3n) is 3.92. The molecule has 0 saturated heterocycles. The molecule has 2 aromatic carbocycles. The molecule has 27 heavy (non-hydrogen) atoms. The maximum Gasteiger partial charge on any atom is 0.235 e. The molecule has 0 saturated carbocycles. The Morgan fingerprint density at radius 1 is 1.07 bits per heavy atom. The molecule has 0 aliphatic carbocycles. The zero-order chi connectivity index (χ0) is 18.4. The fraction of sp³-hybridized carbons (Fsp3) is 0.0556. The second-order valence-electron chi connectivity index (χ2n) is 5.73. The lowest BCUT2D eigenvalue weighted by atomic mass is 10.2. The first-order chi connectivity index (χ1) is 13.2. The van der Waals surface area contributed by atoms with Crippen LogP contribution in [0.1, 0.15) is 5.01 Å². The van der Waals surface area contributed by atoms with Crippen LogP contribution in [0.4, 0.5) is 0 Å². The van der Waals surface area contributed by atoms with Crippen molar-refractivity contribution in [2.75, 3.05) is 0 Å². The number of fused-ring (bicyclic) bond motifs is 2. The minimum Gasteiger partial charge on any atom is -0.485 e. The molecular formula is C18H10Cl2N4O2S. The number of hydrogen-bond donors (Lipinski definition) is 0. The van der Waals surface area contributed by atoms with E-state index in [0.717, 1.165) is 16.0 Å². The van der Waals surface area contributed by atoms with Gasteiger partial charge in [-0.05, 0) is 30.3 Å². The summed E-state index contributed by atoms with van der Waals surface area (Å²) in [7, 11) is 0. The van der Waals surface area contributed by atoms with Crippen LogP contribution in [0.5, 0.6) is 5.75 Å². The van der Waals surface area contributed by atoms with Crippen molar-refractivity contribution >= 4 is 50.5 Å². The molecule has 3 heterocycles. The van der Waals surface area contributed by atoms with E-state index in [0.29, 0.717) is 32.3 Å². The number of furan rings is 1. The molecule has 0 aliphatic rings. The van der Waals surface area contributed by atoms with E-state index < -0.39 is 0 Å². The van der Waals surface area contributed by atoms with Gasteiger partial charge in [0.1, 0.15) is 17.9 Å². The second kappa shape index (κ2) is 6.53. The van der Waals surface area contributed by atoms with Crippen molar-refractivity contribution in [3.8, 4) is 17.3 Å². The van der Waals surface area contributed by atoms with Crippen LogP contribution in [0.3, 0.4) is 0 Å². The number of para-hydroxylation sites is 1. The normalized spacial score (nSPS) is 11.5. The van der Waals surface area contributed by atoms with Crippen molar-refractivity contribution in [3.63, 3.8) is 0 Å². The predicted octanol–water partition coefficient (Wildman–Crippen LogP) is 5.48. The topological polar surface area (TPSA) is 65.5 Å². The van der Waals surface area contributed by atoms with Crippen LogP contribution in [-0.4, -0.2) is 19.8 Å². The number of hydrogen-bond acceptors (Lipinski definition) is 6. The molecule has 134 valence electrons. The molecule has 0 fully saturated rings. The number of rotatable bonds is 4. The first kappa shape index (κ1) is 16.6. The summed E-state index contributed by atoms with van der Waals surface area (Å²) in [6.45, 7) is 0.259. The second-order valence-corrected chi connectivity index (χ2v) is 7.61. The highest BCUT2D eigenvalue weighted by molar-refractivity contribution is 7.16. The van der Waals surface area contributed by atoms with Crippen LogP contribution < -0.4 is 4.74 Å². The number of ether oxygens (including phenoxy) is 1. The SMILES string of the molecule is Clc1ccc(OCc2nn3c(-c4cc5ccccc5o4)nnc3s2)c(Cl)c1. The van der Waals surface area contributed by atoms with Crippen LogP contribution >= 0.6 is 34.5 Å². The molecule has 0 spiro atoms. The minimum absolute atomic E-state index is 0.259. The van der Waals surface area contributed by atoms with Crippen molar-refractivity contribution in [2.24, 2.45) is 0 Å². The summed E-state index contributed by atoms with van der Waals surface area (Å²) in [5, 5.41) is 15.7. The largest absolute Gasteiger partial charge is 0.485 e. The maximum absolute atomic E-state index is 6.13. The zero-order valence-corrected chi connectivity index (χ0v) is 15.9. The van der Waals surface area contributed by atoms with Gasteiger partial charge >= 0.3 is 0 Å². The van der Waals surface area contributed by atoms with Gasteiger partial charge in [0.15, 0.2) is 10.8 Å². The average Bonchev–Trinajstić information content (AvgIpc) is 3.34. The zero-order valence-electron chi connectivity index (χ0n) is 13.6. The molecular weight excluding hydrogens is 407 g/mol. The van der Waals surface area contributed by atoms with Crippen LogP contribution in [0.2, 0.25) is 10.0 Å². The van der Waals surface area contributed by atoms with E-state index in [-0.39, 0.29) is 6.61 Å². The van der Waals surface area contributed by atoms with Crippen molar-refractivity contribution < 1.29 is 9.15 Å². The monoisotopic (exact) mass is 416 g/mol. The molecule has 5 aromatic rings. The summed E-state index contributed by atoms with van der Waals surface area (Å²) in [4.78, 5) is 0.659. The lowest BCUT2D eigenvalue weighted by Crippen LogP contribution is -1.97. The van der Waals surface area contributed by atoms with Crippen LogP contribution in [-0.2, 0) is 6.61 Å². The Labute approximate surface area is 166 Å². The van der Waals surface area contributed by atoms with E-state index in [1.54, 1.807) is 22.7 Å². The maximum atomic E-state index is 6.13. The molecule has 0 bridgehead atoms. The Morgan fingerprint density at radius 2 is 1.96 bits per heavy atom. The fourth-order valence-electron chi connectivity index (χ4n) is 2.69. The third kappa shape index (κ3) is 3.03. The Balaban J connectivity index is 1.44. The van der Waals surface area contributed by atoms with Gasteiger partial charge in [0.05, 0.1) is 5.02 Å². The standard InChI is InChI=1S/C18H10Cl2N4O2S/c19-11-5-6-14(12(20)8-11)25-9-16-23-24-17(21-22-18(24)27-16)15-7-10-3-1-2-4-13(10)26-15/h1-8H,9H2. The van der Waals surface area contributed by atoms with Crippen molar-refractivity contribution in [2.45, 2.75) is 6.61 Å². The highest BCUT2D eigenvalue weighted by Crippen LogP contribution is 2.30. The Bertz CT molecular complexity index is 1240. The molecule has 0 radical (unpaired) electrons. The molecule has 0 unspecified atom stereocenters. The first-order valence-electron chi connectivity index (χ1n) is 7.95. The van der Waals surface area contributed by atoms with E-state index >= 15 is 0 Å². The molecule has 0 amide bonds. The van der Waals surface area contributed by atoms with E-state index in [2.05, 4.69) is 15.3 Å². The Morgan fingerprint density at radius 3 is 2.81 bits per heavy atom. The molecule has 0 N–H and O–H groups in total. The van der Waals surface area contributed by atoms with Crippen LogP contribution in [0.15, 0.2) is 52.9 Å². The van der Waals surface area contributed by atoms with Crippen LogP contribution in [0, 0.1) is 0 Å². The summed E-state index contributed by atoms with van der Waals surface area (Å²) < 4.78 is 13.3. The minimum atomic E-state index is 0.259. The summed E-state index contributed by atoms with van der Waals surface area (Å²) >= 11 is 13.4. The number of halogens is 2. The van der Waals surface area contributed by atoms with Gasteiger partial charge in [-0.2, -0.15) is 9.61 Å². The van der Waals surface area contributed by atoms with E-state index in [1.165, 1.54) is 11.3 Å². The molecule has 9 heteroatoms. The van der Waals surface area contributed by atoms with Gasteiger partial charge in [-0.15, -0.1) is 10.2 Å².